The van der Waals surface area contributed by atoms with Crippen molar-refractivity contribution in [3.05, 3.63) is 75.9 Å². The van der Waals surface area contributed by atoms with Gasteiger partial charge in [0.15, 0.2) is 17.7 Å². The van der Waals surface area contributed by atoms with Crippen LogP contribution in [0.5, 0.6) is 5.75 Å². The summed E-state index contributed by atoms with van der Waals surface area (Å²) in [5.41, 5.74) is 3.61. The molecule has 0 spiro atoms. The van der Waals surface area contributed by atoms with E-state index in [9.17, 15) is 28.5 Å². The lowest BCUT2D eigenvalue weighted by atomic mass is 10.1. The third kappa shape index (κ3) is 5.59. The van der Waals surface area contributed by atoms with E-state index in [1.54, 1.807) is 0 Å². The second-order valence-corrected chi connectivity index (χ2v) is 5.46. The Morgan fingerprint density at radius 2 is 1.89 bits per heavy atom. The van der Waals surface area contributed by atoms with Crippen molar-refractivity contribution < 1.29 is 28.0 Å². The molecule has 2 N–H and O–H groups in total. The number of para-hydroxylation sites is 1. The van der Waals surface area contributed by atoms with E-state index in [1.165, 1.54) is 31.2 Å². The van der Waals surface area contributed by atoms with Gasteiger partial charge in [0, 0.05) is 6.08 Å². The zero-order valence-electron chi connectivity index (χ0n) is 14.5. The van der Waals surface area contributed by atoms with E-state index >= 15 is 0 Å². The Kier molecular flexibility index (Phi) is 6.74. The molecule has 0 saturated carbocycles. The Morgan fingerprint density at radius 1 is 1.18 bits per heavy atom. The quantitative estimate of drug-likeness (QED) is 0.447. The van der Waals surface area contributed by atoms with Crippen LogP contribution in [0.3, 0.4) is 0 Å². The molecule has 0 saturated heterocycles. The van der Waals surface area contributed by atoms with Crippen LogP contribution in [0.4, 0.5) is 14.5 Å². The van der Waals surface area contributed by atoms with Gasteiger partial charge in [-0.25, -0.2) is 8.78 Å². The van der Waals surface area contributed by atoms with Crippen molar-refractivity contribution in [1.82, 2.24) is 10.9 Å². The molecule has 0 fully saturated rings. The maximum absolute atomic E-state index is 13.5. The van der Waals surface area contributed by atoms with Crippen LogP contribution in [-0.4, -0.2) is 22.8 Å². The van der Waals surface area contributed by atoms with Crippen LogP contribution >= 0.6 is 0 Å². The summed E-state index contributed by atoms with van der Waals surface area (Å²) in [4.78, 5) is 33.7. The monoisotopic (exact) mass is 391 g/mol. The lowest BCUT2D eigenvalue weighted by Gasteiger charge is -2.15. The number of carbonyl (C=O) groups is 2. The smallest absolute Gasteiger partial charge is 0.279 e. The minimum atomic E-state index is -1.11. The summed E-state index contributed by atoms with van der Waals surface area (Å²) in [7, 11) is 0. The molecule has 0 aliphatic rings. The van der Waals surface area contributed by atoms with Crippen molar-refractivity contribution in [3.8, 4) is 5.75 Å². The number of benzene rings is 2. The summed E-state index contributed by atoms with van der Waals surface area (Å²) >= 11 is 0. The summed E-state index contributed by atoms with van der Waals surface area (Å²) in [6, 6.07) is 8.38. The number of amides is 2. The molecule has 0 aliphatic carbocycles. The van der Waals surface area contributed by atoms with Gasteiger partial charge in [0.2, 0.25) is 0 Å². The minimum absolute atomic E-state index is 0.00382. The maximum atomic E-state index is 13.5. The van der Waals surface area contributed by atoms with Gasteiger partial charge in [-0.3, -0.25) is 30.6 Å². The molecule has 0 radical (unpaired) electrons. The van der Waals surface area contributed by atoms with E-state index in [-0.39, 0.29) is 11.3 Å². The number of hydrazine groups is 1. The molecule has 28 heavy (non-hydrogen) atoms. The van der Waals surface area contributed by atoms with Gasteiger partial charge < -0.3 is 4.74 Å². The fourth-order valence-corrected chi connectivity index (χ4v) is 2.03. The highest BCUT2D eigenvalue weighted by Crippen LogP contribution is 2.21. The number of rotatable bonds is 6. The third-order valence-corrected chi connectivity index (χ3v) is 3.42. The average Bonchev–Trinajstić information content (AvgIpc) is 2.66. The van der Waals surface area contributed by atoms with Crippen LogP contribution < -0.4 is 15.6 Å². The number of hydrogen-bond donors (Lipinski definition) is 2. The summed E-state index contributed by atoms with van der Waals surface area (Å²) in [5, 5.41) is 10.9. The molecule has 146 valence electrons. The summed E-state index contributed by atoms with van der Waals surface area (Å²) in [6.45, 7) is 1.35. The summed E-state index contributed by atoms with van der Waals surface area (Å²) < 4.78 is 31.7. The van der Waals surface area contributed by atoms with Crippen molar-refractivity contribution in [3.63, 3.8) is 0 Å². The molecule has 0 aromatic heterocycles. The molecule has 1 unspecified atom stereocenters. The van der Waals surface area contributed by atoms with Gasteiger partial charge in [-0.1, -0.05) is 12.1 Å². The van der Waals surface area contributed by atoms with Crippen molar-refractivity contribution in [2.75, 3.05) is 0 Å². The van der Waals surface area contributed by atoms with Gasteiger partial charge in [0.1, 0.15) is 5.82 Å². The molecule has 2 amide bonds. The van der Waals surface area contributed by atoms with Gasteiger partial charge in [-0.05, 0) is 37.3 Å². The Balaban J connectivity index is 1.91. The number of carbonyl (C=O) groups excluding carboxylic acids is 2. The van der Waals surface area contributed by atoms with Gasteiger partial charge >= 0.3 is 0 Å². The fourth-order valence-electron chi connectivity index (χ4n) is 2.03. The number of hydrogen-bond acceptors (Lipinski definition) is 5. The molecule has 1 atom stereocenters. The first-order valence-electron chi connectivity index (χ1n) is 7.91. The molecule has 10 heteroatoms. The minimum Gasteiger partial charge on any atom is -0.478 e. The predicted octanol–water partition coefficient (Wildman–Crippen LogP) is 2.50. The van der Waals surface area contributed by atoms with E-state index in [1.807, 2.05) is 0 Å². The van der Waals surface area contributed by atoms with Gasteiger partial charge in [-0.2, -0.15) is 0 Å². The average molecular weight is 391 g/mol. The molecule has 0 aliphatic heterocycles. The van der Waals surface area contributed by atoms with Crippen LogP contribution in [0.25, 0.3) is 6.08 Å². The lowest BCUT2D eigenvalue weighted by Crippen LogP contribution is -2.46. The van der Waals surface area contributed by atoms with Crippen molar-refractivity contribution >= 4 is 23.6 Å². The zero-order chi connectivity index (χ0) is 20.7. The molecule has 8 nitrogen and oxygen atoms in total. The number of nitro benzene ring substituents is 1. The van der Waals surface area contributed by atoms with Crippen LogP contribution in [0.1, 0.15) is 12.5 Å². The first kappa shape index (κ1) is 20.5. The van der Waals surface area contributed by atoms with Gasteiger partial charge in [0.25, 0.3) is 17.5 Å². The van der Waals surface area contributed by atoms with Crippen LogP contribution in [0.2, 0.25) is 0 Å². The standard InChI is InChI=1S/C18H15F2N3O5/c1-11(28-16-5-3-2-4-14(16)20)18(25)22-21-17(24)9-7-12-6-8-13(19)10-15(12)23(26)27/h2-11H,1H3,(H,21,24)(H,22,25). The van der Waals surface area contributed by atoms with E-state index in [4.69, 9.17) is 4.74 Å². The largest absolute Gasteiger partial charge is 0.478 e. The molecular weight excluding hydrogens is 376 g/mol. The highest BCUT2D eigenvalue weighted by Gasteiger charge is 2.17. The third-order valence-electron chi connectivity index (χ3n) is 3.42. The molecule has 0 bridgehead atoms. The number of ether oxygens (including phenoxy) is 1. The van der Waals surface area contributed by atoms with Gasteiger partial charge in [-0.15, -0.1) is 0 Å². The van der Waals surface area contributed by atoms with Crippen molar-refractivity contribution in [2.45, 2.75) is 13.0 Å². The van der Waals surface area contributed by atoms with Crippen LogP contribution in [0.15, 0.2) is 48.5 Å². The zero-order valence-corrected chi connectivity index (χ0v) is 14.5. The fraction of sp³-hybridized carbons (Fsp3) is 0.111. The van der Waals surface area contributed by atoms with Crippen molar-refractivity contribution in [1.29, 1.82) is 0 Å². The second kappa shape index (κ2) is 9.21. The Morgan fingerprint density at radius 3 is 2.57 bits per heavy atom. The molecule has 2 aromatic carbocycles. The SMILES string of the molecule is CC(Oc1ccccc1F)C(=O)NNC(=O)C=Cc1ccc(F)cc1[N+](=O)[O-]. The lowest BCUT2D eigenvalue weighted by molar-refractivity contribution is -0.385. The van der Waals surface area contributed by atoms with E-state index in [0.717, 1.165) is 30.4 Å². The summed E-state index contributed by atoms with van der Waals surface area (Å²) in [6.07, 6.45) is 0.903. The number of nitrogens with one attached hydrogen (secondary N) is 2. The van der Waals surface area contributed by atoms with Crippen LogP contribution in [0, 0.1) is 21.7 Å². The summed E-state index contributed by atoms with van der Waals surface area (Å²) in [5.74, 6) is -3.11. The maximum Gasteiger partial charge on any atom is 0.279 e. The van der Waals surface area contributed by atoms with Crippen molar-refractivity contribution in [2.24, 2.45) is 0 Å². The predicted molar refractivity (Wildman–Crippen MR) is 94.9 cm³/mol. The first-order chi connectivity index (χ1) is 13.3. The number of nitrogens with zero attached hydrogens (tertiary/aromatic N) is 1. The Bertz CT molecular complexity index is 933. The Hall–Kier alpha value is -3.82. The van der Waals surface area contributed by atoms with E-state index < -0.39 is 40.2 Å². The van der Waals surface area contributed by atoms with Crippen LogP contribution in [-0.2, 0) is 9.59 Å². The molecule has 2 aromatic rings. The normalized spacial score (nSPS) is 11.7. The topological polar surface area (TPSA) is 111 Å². The van der Waals surface area contributed by atoms with E-state index in [2.05, 4.69) is 10.9 Å². The van der Waals surface area contributed by atoms with E-state index in [0.29, 0.717) is 0 Å². The second-order valence-electron chi connectivity index (χ2n) is 5.46. The number of halogens is 2. The Labute approximate surface area is 157 Å². The van der Waals surface area contributed by atoms with Gasteiger partial charge in [0.05, 0.1) is 16.6 Å². The number of nitro groups is 1. The highest BCUT2D eigenvalue weighted by atomic mass is 19.1. The molecule has 0 heterocycles. The first-order valence-corrected chi connectivity index (χ1v) is 7.91. The molecular formula is C18H15F2N3O5. The highest BCUT2D eigenvalue weighted by molar-refractivity contribution is 5.94. The molecule has 2 rings (SSSR count).